The zero-order valence-corrected chi connectivity index (χ0v) is 10.9. The summed E-state index contributed by atoms with van der Waals surface area (Å²) in [5, 5.41) is 3.58. The van der Waals surface area contributed by atoms with Crippen LogP contribution in [-0.4, -0.2) is 17.6 Å². The first kappa shape index (κ1) is 12.0. The van der Waals surface area contributed by atoms with E-state index >= 15 is 0 Å². The van der Waals surface area contributed by atoms with Crippen molar-refractivity contribution < 1.29 is 13.5 Å². The van der Waals surface area contributed by atoms with E-state index in [1.807, 2.05) is 0 Å². The number of aromatic nitrogens is 1. The lowest BCUT2D eigenvalue weighted by Gasteiger charge is -2.22. The van der Waals surface area contributed by atoms with E-state index in [9.17, 15) is 8.78 Å². The summed E-state index contributed by atoms with van der Waals surface area (Å²) in [5.74, 6) is -0.917. The summed E-state index contributed by atoms with van der Waals surface area (Å²) in [6.07, 6.45) is 2.77. The second kappa shape index (κ2) is 4.38. The van der Waals surface area contributed by atoms with Gasteiger partial charge in [0.15, 0.2) is 0 Å². The number of hydrogen-bond donors (Lipinski definition) is 1. The maximum absolute atomic E-state index is 14.2. The Labute approximate surface area is 115 Å². The summed E-state index contributed by atoms with van der Waals surface area (Å²) in [5.41, 5.74) is 2.48. The summed E-state index contributed by atoms with van der Waals surface area (Å²) in [7, 11) is 0. The zero-order valence-electron chi connectivity index (χ0n) is 10.9. The molecule has 5 heteroatoms. The molecule has 2 heterocycles. The lowest BCUT2D eigenvalue weighted by Crippen LogP contribution is -2.17. The third kappa shape index (κ3) is 1.85. The number of hydrogen-bond acceptors (Lipinski definition) is 3. The Morgan fingerprint density at radius 1 is 1.20 bits per heavy atom. The first-order valence-electron chi connectivity index (χ1n) is 6.88. The molecule has 20 heavy (non-hydrogen) atoms. The van der Waals surface area contributed by atoms with Crippen molar-refractivity contribution in [2.24, 2.45) is 0 Å². The SMILES string of the molecule is Fc1ccc(F)c2c(NC3CC3)c3c(nc12)CCOC3. The van der Waals surface area contributed by atoms with Gasteiger partial charge in [-0.2, -0.15) is 0 Å². The van der Waals surface area contributed by atoms with Crippen LogP contribution in [0.2, 0.25) is 0 Å². The normalized spacial score (nSPS) is 18.1. The number of nitrogens with one attached hydrogen (secondary N) is 1. The van der Waals surface area contributed by atoms with E-state index in [1.165, 1.54) is 0 Å². The molecule has 0 radical (unpaired) electrons. The highest BCUT2D eigenvalue weighted by molar-refractivity contribution is 5.94. The summed E-state index contributed by atoms with van der Waals surface area (Å²) >= 11 is 0. The minimum Gasteiger partial charge on any atom is -0.381 e. The monoisotopic (exact) mass is 276 g/mol. The Balaban J connectivity index is 2.03. The van der Waals surface area contributed by atoms with Crippen LogP contribution in [0.5, 0.6) is 0 Å². The van der Waals surface area contributed by atoms with Crippen LogP contribution in [0.3, 0.4) is 0 Å². The van der Waals surface area contributed by atoms with Crippen molar-refractivity contribution in [2.75, 3.05) is 11.9 Å². The smallest absolute Gasteiger partial charge is 0.149 e. The highest BCUT2D eigenvalue weighted by Crippen LogP contribution is 2.37. The molecule has 0 atom stereocenters. The van der Waals surface area contributed by atoms with Gasteiger partial charge in [0.25, 0.3) is 0 Å². The number of rotatable bonds is 2. The van der Waals surface area contributed by atoms with E-state index < -0.39 is 11.6 Å². The van der Waals surface area contributed by atoms with Gasteiger partial charge in [-0.1, -0.05) is 0 Å². The number of nitrogens with zero attached hydrogens (tertiary/aromatic N) is 1. The first-order valence-corrected chi connectivity index (χ1v) is 6.88. The Morgan fingerprint density at radius 2 is 2.00 bits per heavy atom. The van der Waals surface area contributed by atoms with Crippen molar-refractivity contribution in [3.05, 3.63) is 35.0 Å². The van der Waals surface area contributed by atoms with Crippen molar-refractivity contribution in [1.82, 2.24) is 4.98 Å². The number of anilines is 1. The maximum Gasteiger partial charge on any atom is 0.149 e. The van der Waals surface area contributed by atoms with E-state index in [4.69, 9.17) is 4.74 Å². The molecular formula is C15H14F2N2O. The topological polar surface area (TPSA) is 34.2 Å². The quantitative estimate of drug-likeness (QED) is 0.915. The van der Waals surface area contributed by atoms with Crippen LogP contribution in [0.25, 0.3) is 10.9 Å². The van der Waals surface area contributed by atoms with E-state index in [-0.39, 0.29) is 10.9 Å². The average molecular weight is 276 g/mol. The molecule has 1 fully saturated rings. The molecule has 2 aromatic rings. The molecule has 1 saturated carbocycles. The van der Waals surface area contributed by atoms with Gasteiger partial charge in [-0.25, -0.2) is 13.8 Å². The molecule has 0 spiro atoms. The third-order valence-corrected chi connectivity index (χ3v) is 3.88. The standard InChI is InChI=1S/C15H14F2N2O/c16-10-3-4-11(17)15-13(10)14(18-8-1-2-8)9-7-20-6-5-12(9)19-15/h3-4,8H,1-2,5-7H2,(H,18,19). The molecule has 0 bridgehead atoms. The van der Waals surface area contributed by atoms with E-state index in [1.54, 1.807) is 0 Å². The fraction of sp³-hybridized carbons (Fsp3) is 0.400. The van der Waals surface area contributed by atoms with Gasteiger partial charge in [-0.3, -0.25) is 0 Å². The van der Waals surface area contributed by atoms with Crippen molar-refractivity contribution in [3.8, 4) is 0 Å². The van der Waals surface area contributed by atoms with Crippen LogP contribution in [0.4, 0.5) is 14.5 Å². The van der Waals surface area contributed by atoms with Crippen molar-refractivity contribution >= 4 is 16.6 Å². The second-order valence-electron chi connectivity index (χ2n) is 5.39. The number of halogens is 2. The minimum absolute atomic E-state index is 0.119. The highest BCUT2D eigenvalue weighted by Gasteiger charge is 2.27. The van der Waals surface area contributed by atoms with Gasteiger partial charge >= 0.3 is 0 Å². The summed E-state index contributed by atoms with van der Waals surface area (Å²) < 4.78 is 33.6. The number of pyridine rings is 1. The van der Waals surface area contributed by atoms with Crippen LogP contribution >= 0.6 is 0 Å². The lowest BCUT2D eigenvalue weighted by molar-refractivity contribution is 0.110. The van der Waals surface area contributed by atoms with Crippen LogP contribution < -0.4 is 5.32 Å². The molecule has 1 aromatic carbocycles. The Bertz CT molecular complexity index is 698. The molecule has 1 aromatic heterocycles. The van der Waals surface area contributed by atoms with Gasteiger partial charge in [-0.15, -0.1) is 0 Å². The maximum atomic E-state index is 14.2. The Kier molecular flexibility index (Phi) is 2.63. The number of benzene rings is 1. The molecule has 104 valence electrons. The van der Waals surface area contributed by atoms with E-state index in [2.05, 4.69) is 10.3 Å². The molecule has 1 N–H and O–H groups in total. The average Bonchev–Trinajstić information content (AvgIpc) is 3.27. The predicted octanol–water partition coefficient (Wildman–Crippen LogP) is 3.16. The van der Waals surface area contributed by atoms with Gasteiger partial charge in [0.05, 0.1) is 30.0 Å². The van der Waals surface area contributed by atoms with Crippen LogP contribution in [0, 0.1) is 11.6 Å². The summed E-state index contributed by atoms with van der Waals surface area (Å²) in [6.45, 7) is 0.981. The Hall–Kier alpha value is -1.75. The number of fused-ring (bicyclic) bond motifs is 2. The van der Waals surface area contributed by atoms with Gasteiger partial charge < -0.3 is 10.1 Å². The number of ether oxygens (including phenoxy) is 1. The van der Waals surface area contributed by atoms with Gasteiger partial charge in [0.2, 0.25) is 0 Å². The lowest BCUT2D eigenvalue weighted by atomic mass is 10.0. The molecule has 1 aliphatic carbocycles. The van der Waals surface area contributed by atoms with Gasteiger partial charge in [0.1, 0.15) is 17.2 Å². The summed E-state index contributed by atoms with van der Waals surface area (Å²) in [4.78, 5) is 4.33. The molecular weight excluding hydrogens is 262 g/mol. The van der Waals surface area contributed by atoms with E-state index in [0.717, 1.165) is 36.2 Å². The zero-order chi connectivity index (χ0) is 13.7. The largest absolute Gasteiger partial charge is 0.381 e. The second-order valence-corrected chi connectivity index (χ2v) is 5.39. The molecule has 3 nitrogen and oxygen atoms in total. The third-order valence-electron chi connectivity index (χ3n) is 3.88. The van der Waals surface area contributed by atoms with Crippen molar-refractivity contribution in [3.63, 3.8) is 0 Å². The fourth-order valence-corrected chi connectivity index (χ4v) is 2.68. The van der Waals surface area contributed by atoms with Crippen molar-refractivity contribution in [1.29, 1.82) is 0 Å². The van der Waals surface area contributed by atoms with Gasteiger partial charge in [0, 0.05) is 18.0 Å². The predicted molar refractivity (Wildman–Crippen MR) is 71.7 cm³/mol. The van der Waals surface area contributed by atoms with Crippen LogP contribution in [0.15, 0.2) is 12.1 Å². The van der Waals surface area contributed by atoms with Crippen LogP contribution in [-0.2, 0) is 17.8 Å². The fourth-order valence-electron chi connectivity index (χ4n) is 2.68. The van der Waals surface area contributed by atoms with Crippen LogP contribution in [0.1, 0.15) is 24.1 Å². The molecule has 2 aliphatic rings. The molecule has 0 unspecified atom stereocenters. The van der Waals surface area contributed by atoms with E-state index in [0.29, 0.717) is 31.4 Å². The minimum atomic E-state index is -0.477. The first-order chi connectivity index (χ1) is 9.74. The van der Waals surface area contributed by atoms with Gasteiger partial charge in [-0.05, 0) is 25.0 Å². The van der Waals surface area contributed by atoms with Crippen molar-refractivity contribution in [2.45, 2.75) is 31.9 Å². The molecule has 0 amide bonds. The highest BCUT2D eigenvalue weighted by atomic mass is 19.1. The molecule has 4 rings (SSSR count). The molecule has 0 saturated heterocycles. The molecule has 1 aliphatic heterocycles. The Morgan fingerprint density at radius 3 is 2.80 bits per heavy atom. The summed E-state index contributed by atoms with van der Waals surface area (Å²) in [6, 6.07) is 2.65.